The van der Waals surface area contributed by atoms with Crippen LogP contribution in [-0.4, -0.2) is 23.3 Å². The van der Waals surface area contributed by atoms with Gasteiger partial charge in [0.1, 0.15) is 18.4 Å². The third-order valence-electron chi connectivity index (χ3n) is 4.42. The molecular weight excluding hydrogens is 370 g/mol. The second-order valence-corrected chi connectivity index (χ2v) is 7.00. The standard InChI is InChI=1S/C22H25N3O4/c1-15(2)20(24-22(26)28-14-17-7-5-4-6-8-17)21-23-19(25-29-21)13-16-9-11-18(27-3)12-10-16/h4-12,15,20H,13-14H2,1-3H3,(H,24,26)/t20-/m0/s1. The number of nitrogens with zero attached hydrogens (tertiary/aromatic N) is 2. The van der Waals surface area contributed by atoms with E-state index in [0.717, 1.165) is 16.9 Å². The average Bonchev–Trinajstić information content (AvgIpc) is 3.19. The van der Waals surface area contributed by atoms with Crippen LogP contribution in [0.4, 0.5) is 4.79 Å². The second kappa shape index (κ2) is 9.73. The van der Waals surface area contributed by atoms with Crippen molar-refractivity contribution < 1.29 is 18.8 Å². The number of nitrogens with one attached hydrogen (secondary N) is 1. The van der Waals surface area contributed by atoms with Crippen molar-refractivity contribution in [2.45, 2.75) is 32.9 Å². The molecule has 3 rings (SSSR count). The molecule has 0 saturated carbocycles. The molecule has 3 aromatic rings. The summed E-state index contributed by atoms with van der Waals surface area (Å²) in [4.78, 5) is 16.7. The van der Waals surface area contributed by atoms with Gasteiger partial charge in [-0.3, -0.25) is 0 Å². The number of hydrogen-bond donors (Lipinski definition) is 1. The molecule has 7 nitrogen and oxygen atoms in total. The lowest BCUT2D eigenvalue weighted by Gasteiger charge is -2.18. The van der Waals surface area contributed by atoms with Gasteiger partial charge in [-0.25, -0.2) is 4.79 Å². The molecule has 7 heteroatoms. The fourth-order valence-corrected chi connectivity index (χ4v) is 2.80. The van der Waals surface area contributed by atoms with Gasteiger partial charge in [-0.1, -0.05) is 61.5 Å². The minimum Gasteiger partial charge on any atom is -0.497 e. The molecule has 0 unspecified atom stereocenters. The smallest absolute Gasteiger partial charge is 0.408 e. The molecule has 1 atom stereocenters. The predicted octanol–water partition coefficient (Wildman–Crippen LogP) is 4.29. The molecule has 0 fully saturated rings. The largest absolute Gasteiger partial charge is 0.497 e. The van der Waals surface area contributed by atoms with Crippen LogP contribution in [0.25, 0.3) is 0 Å². The summed E-state index contributed by atoms with van der Waals surface area (Å²) in [7, 11) is 1.63. The van der Waals surface area contributed by atoms with Crippen molar-refractivity contribution in [3.05, 3.63) is 77.4 Å². The van der Waals surface area contributed by atoms with Crippen LogP contribution in [0.3, 0.4) is 0 Å². The summed E-state index contributed by atoms with van der Waals surface area (Å²) in [5.74, 6) is 1.75. The summed E-state index contributed by atoms with van der Waals surface area (Å²) >= 11 is 0. The quantitative estimate of drug-likeness (QED) is 0.612. The molecule has 0 saturated heterocycles. The highest BCUT2D eigenvalue weighted by atomic mass is 16.5. The highest BCUT2D eigenvalue weighted by molar-refractivity contribution is 5.67. The van der Waals surface area contributed by atoms with Gasteiger partial charge in [-0.15, -0.1) is 0 Å². The molecule has 0 aliphatic heterocycles. The Balaban J connectivity index is 1.60. The number of rotatable bonds is 8. The monoisotopic (exact) mass is 395 g/mol. The summed E-state index contributed by atoms with van der Waals surface area (Å²) in [6.45, 7) is 4.13. The average molecular weight is 395 g/mol. The van der Waals surface area contributed by atoms with Gasteiger partial charge in [0.05, 0.1) is 7.11 Å². The van der Waals surface area contributed by atoms with E-state index in [-0.39, 0.29) is 12.5 Å². The Labute approximate surface area is 170 Å². The molecule has 1 N–H and O–H groups in total. The van der Waals surface area contributed by atoms with E-state index < -0.39 is 12.1 Å². The minimum absolute atomic E-state index is 0.0496. The predicted molar refractivity (Wildman–Crippen MR) is 107 cm³/mol. The highest BCUT2D eigenvalue weighted by Crippen LogP contribution is 2.21. The van der Waals surface area contributed by atoms with Gasteiger partial charge < -0.3 is 19.3 Å². The van der Waals surface area contributed by atoms with Crippen LogP contribution in [0.1, 0.15) is 42.7 Å². The molecule has 0 spiro atoms. The van der Waals surface area contributed by atoms with Crippen LogP contribution in [0.5, 0.6) is 5.75 Å². The van der Waals surface area contributed by atoms with Gasteiger partial charge in [0.2, 0.25) is 5.89 Å². The summed E-state index contributed by atoms with van der Waals surface area (Å²) in [6.07, 6.45) is -0.000936. The zero-order valence-electron chi connectivity index (χ0n) is 16.8. The lowest BCUT2D eigenvalue weighted by atomic mass is 10.0. The number of carbonyl (C=O) groups excluding carboxylic acids is 1. The van der Waals surface area contributed by atoms with Crippen molar-refractivity contribution in [2.75, 3.05) is 7.11 Å². The first kappa shape index (κ1) is 20.4. The van der Waals surface area contributed by atoms with E-state index in [1.165, 1.54) is 0 Å². The summed E-state index contributed by atoms with van der Waals surface area (Å²) in [5, 5.41) is 6.87. The summed E-state index contributed by atoms with van der Waals surface area (Å²) in [6, 6.07) is 16.8. The third kappa shape index (κ3) is 5.81. The molecule has 0 aliphatic carbocycles. The molecule has 0 radical (unpaired) electrons. The minimum atomic E-state index is -0.526. The van der Waals surface area contributed by atoms with Crippen LogP contribution in [0.15, 0.2) is 59.1 Å². The van der Waals surface area contributed by atoms with Gasteiger partial charge in [0, 0.05) is 6.42 Å². The fraction of sp³-hybridized carbons (Fsp3) is 0.318. The van der Waals surface area contributed by atoms with E-state index in [9.17, 15) is 4.79 Å². The van der Waals surface area contributed by atoms with Crippen molar-refractivity contribution in [1.29, 1.82) is 0 Å². The number of methoxy groups -OCH3 is 1. The molecule has 2 aromatic carbocycles. The number of benzene rings is 2. The highest BCUT2D eigenvalue weighted by Gasteiger charge is 2.25. The lowest BCUT2D eigenvalue weighted by Crippen LogP contribution is -2.32. The Morgan fingerprint density at radius 1 is 1.07 bits per heavy atom. The first-order valence-corrected chi connectivity index (χ1v) is 9.47. The SMILES string of the molecule is COc1ccc(Cc2noc([C@@H](NC(=O)OCc3ccccc3)C(C)C)n2)cc1. The first-order chi connectivity index (χ1) is 14.0. The zero-order chi connectivity index (χ0) is 20.6. The Bertz CT molecular complexity index is 907. The number of hydrogen-bond acceptors (Lipinski definition) is 6. The van der Waals surface area contributed by atoms with Crippen LogP contribution in [-0.2, 0) is 17.8 Å². The van der Waals surface area contributed by atoms with E-state index in [1.54, 1.807) is 7.11 Å². The molecule has 29 heavy (non-hydrogen) atoms. The fourth-order valence-electron chi connectivity index (χ4n) is 2.80. The molecule has 1 amide bonds. The maximum Gasteiger partial charge on any atom is 0.408 e. The molecule has 1 heterocycles. The van der Waals surface area contributed by atoms with E-state index >= 15 is 0 Å². The summed E-state index contributed by atoms with van der Waals surface area (Å²) < 4.78 is 15.9. The molecular formula is C22H25N3O4. The maximum absolute atomic E-state index is 12.2. The Kier molecular flexibility index (Phi) is 6.84. The number of amides is 1. The number of alkyl carbamates (subject to hydrolysis) is 1. The van der Waals surface area contributed by atoms with Gasteiger partial charge >= 0.3 is 6.09 Å². The maximum atomic E-state index is 12.2. The van der Waals surface area contributed by atoms with Crippen molar-refractivity contribution in [3.63, 3.8) is 0 Å². The second-order valence-electron chi connectivity index (χ2n) is 7.00. The van der Waals surface area contributed by atoms with Gasteiger partial charge in [-0.05, 0) is 29.2 Å². The van der Waals surface area contributed by atoms with E-state index in [0.29, 0.717) is 18.1 Å². The van der Waals surface area contributed by atoms with Crippen molar-refractivity contribution in [1.82, 2.24) is 15.5 Å². The molecule has 1 aromatic heterocycles. The van der Waals surface area contributed by atoms with Crippen molar-refractivity contribution in [3.8, 4) is 5.75 Å². The van der Waals surface area contributed by atoms with Crippen molar-refractivity contribution in [2.24, 2.45) is 5.92 Å². The molecule has 0 aliphatic rings. The van der Waals surface area contributed by atoms with Crippen LogP contribution in [0.2, 0.25) is 0 Å². The topological polar surface area (TPSA) is 86.5 Å². The van der Waals surface area contributed by atoms with Crippen LogP contribution in [0, 0.1) is 5.92 Å². The van der Waals surface area contributed by atoms with E-state index in [1.807, 2.05) is 68.4 Å². The van der Waals surface area contributed by atoms with Gasteiger partial charge in [0.15, 0.2) is 5.82 Å². The number of ether oxygens (including phenoxy) is 2. The third-order valence-corrected chi connectivity index (χ3v) is 4.42. The van der Waals surface area contributed by atoms with E-state index in [2.05, 4.69) is 15.5 Å². The lowest BCUT2D eigenvalue weighted by molar-refractivity contribution is 0.129. The zero-order valence-corrected chi connectivity index (χ0v) is 16.8. The van der Waals surface area contributed by atoms with Gasteiger partial charge in [0.25, 0.3) is 0 Å². The Hall–Kier alpha value is -3.35. The Morgan fingerprint density at radius 3 is 2.45 bits per heavy atom. The number of carbonyl (C=O) groups is 1. The molecule has 0 bridgehead atoms. The normalized spacial score (nSPS) is 11.9. The summed E-state index contributed by atoms with van der Waals surface area (Å²) in [5.41, 5.74) is 1.96. The number of aromatic nitrogens is 2. The molecule has 152 valence electrons. The Morgan fingerprint density at radius 2 is 1.79 bits per heavy atom. The van der Waals surface area contributed by atoms with Crippen molar-refractivity contribution >= 4 is 6.09 Å². The van der Waals surface area contributed by atoms with Gasteiger partial charge in [-0.2, -0.15) is 4.98 Å². The van der Waals surface area contributed by atoms with E-state index in [4.69, 9.17) is 14.0 Å². The first-order valence-electron chi connectivity index (χ1n) is 9.47. The van der Waals surface area contributed by atoms with Crippen LogP contribution < -0.4 is 10.1 Å². The van der Waals surface area contributed by atoms with Crippen LogP contribution >= 0.6 is 0 Å².